The summed E-state index contributed by atoms with van der Waals surface area (Å²) in [5, 5.41) is 23.4. The monoisotopic (exact) mass is 367 g/mol. The fourth-order valence-electron chi connectivity index (χ4n) is 2.98. The largest absolute Gasteiger partial charge is 0.369 e. The Labute approximate surface area is 152 Å². The molecule has 1 amide bonds. The number of hydrogen-bond donors (Lipinski definition) is 2. The maximum Gasteiger partial charge on any atom is 0.270 e. The van der Waals surface area contributed by atoms with E-state index in [1.54, 1.807) is 6.07 Å². The second-order valence-electron chi connectivity index (χ2n) is 6.29. The first-order valence-electron chi connectivity index (χ1n) is 7.82. The van der Waals surface area contributed by atoms with Crippen molar-refractivity contribution in [2.75, 3.05) is 18.0 Å². The number of nitrogens with two attached hydrogens (primary N) is 1. The van der Waals surface area contributed by atoms with Crippen LogP contribution in [0, 0.1) is 27.4 Å². The average Bonchev–Trinajstić information content (AvgIpc) is 2.99. The first kappa shape index (κ1) is 20.7. The van der Waals surface area contributed by atoms with Crippen molar-refractivity contribution in [2.45, 2.75) is 32.4 Å². The number of halogens is 1. The summed E-state index contributed by atoms with van der Waals surface area (Å²) in [4.78, 5) is 23.8. The van der Waals surface area contributed by atoms with Gasteiger partial charge in [-0.1, -0.05) is 13.8 Å². The zero-order valence-electron chi connectivity index (χ0n) is 14.1. The summed E-state index contributed by atoms with van der Waals surface area (Å²) in [5.74, 6) is -0.290. The van der Waals surface area contributed by atoms with Crippen LogP contribution in [0.2, 0.25) is 0 Å². The van der Waals surface area contributed by atoms with Gasteiger partial charge in [-0.05, 0) is 18.4 Å². The third-order valence-electron chi connectivity index (χ3n) is 4.23. The van der Waals surface area contributed by atoms with Crippen molar-refractivity contribution in [3.05, 3.63) is 33.9 Å². The number of non-ortho nitro benzene ring substituents is 1. The van der Waals surface area contributed by atoms with Crippen LogP contribution in [0.15, 0.2) is 18.2 Å². The van der Waals surface area contributed by atoms with E-state index in [1.165, 1.54) is 12.1 Å². The van der Waals surface area contributed by atoms with Crippen molar-refractivity contribution < 1.29 is 9.72 Å². The first-order chi connectivity index (χ1) is 11.3. The highest BCUT2D eigenvalue weighted by atomic mass is 35.5. The summed E-state index contributed by atoms with van der Waals surface area (Å²) in [7, 11) is 0. The Morgan fingerprint density at radius 1 is 1.52 bits per heavy atom. The number of nitro groups is 1. The van der Waals surface area contributed by atoms with E-state index in [1.807, 2.05) is 24.8 Å². The number of carbonyl (C=O) groups excluding carboxylic acids is 1. The number of benzene rings is 1. The van der Waals surface area contributed by atoms with Crippen LogP contribution in [0.1, 0.15) is 25.8 Å². The Morgan fingerprint density at radius 3 is 2.72 bits per heavy atom. The zero-order chi connectivity index (χ0) is 17.9. The molecule has 8 nitrogen and oxygen atoms in total. The van der Waals surface area contributed by atoms with Gasteiger partial charge in [0.25, 0.3) is 5.69 Å². The summed E-state index contributed by atoms with van der Waals surface area (Å²) < 4.78 is 0. The molecule has 0 radical (unpaired) electrons. The van der Waals surface area contributed by atoms with Gasteiger partial charge in [-0.15, -0.1) is 12.4 Å². The average molecular weight is 368 g/mol. The van der Waals surface area contributed by atoms with Gasteiger partial charge in [0.05, 0.1) is 22.2 Å². The summed E-state index contributed by atoms with van der Waals surface area (Å²) in [5.41, 5.74) is 6.28. The van der Waals surface area contributed by atoms with Gasteiger partial charge in [0.15, 0.2) is 0 Å². The van der Waals surface area contributed by atoms with Crippen LogP contribution >= 0.6 is 12.4 Å². The number of carbonyl (C=O) groups is 1. The molecule has 1 fully saturated rings. The molecule has 0 unspecified atom stereocenters. The molecular weight excluding hydrogens is 346 g/mol. The highest BCUT2D eigenvalue weighted by Crippen LogP contribution is 2.28. The molecule has 136 valence electrons. The lowest BCUT2D eigenvalue weighted by atomic mass is 10.0. The smallest absolute Gasteiger partial charge is 0.270 e. The van der Waals surface area contributed by atoms with Crippen molar-refractivity contribution in [1.29, 1.82) is 5.26 Å². The molecule has 1 saturated heterocycles. The van der Waals surface area contributed by atoms with Gasteiger partial charge in [-0.2, -0.15) is 5.26 Å². The van der Waals surface area contributed by atoms with E-state index in [4.69, 9.17) is 5.73 Å². The zero-order valence-corrected chi connectivity index (χ0v) is 15.0. The second-order valence-corrected chi connectivity index (χ2v) is 6.29. The van der Waals surface area contributed by atoms with Gasteiger partial charge in [0.1, 0.15) is 6.07 Å². The molecule has 2 rings (SSSR count). The minimum atomic E-state index is -0.515. The topological polar surface area (TPSA) is 125 Å². The predicted molar refractivity (Wildman–Crippen MR) is 96.6 cm³/mol. The van der Waals surface area contributed by atoms with E-state index < -0.39 is 11.0 Å². The molecule has 2 atom stereocenters. The molecule has 1 aromatic rings. The SMILES string of the molecule is CC(C)[C@H](N[C@H]1CCN(c2ccc([N+](=O)[O-])cc2C#N)C1)C(N)=O.Cl. The van der Waals surface area contributed by atoms with E-state index >= 15 is 0 Å². The Kier molecular flexibility index (Phi) is 7.15. The van der Waals surface area contributed by atoms with Crippen molar-refractivity contribution in [3.8, 4) is 6.07 Å². The summed E-state index contributed by atoms with van der Waals surface area (Å²) >= 11 is 0. The van der Waals surface area contributed by atoms with Crippen LogP contribution in [-0.2, 0) is 4.79 Å². The van der Waals surface area contributed by atoms with Gasteiger partial charge in [0, 0.05) is 31.3 Å². The van der Waals surface area contributed by atoms with Crippen LogP contribution in [0.25, 0.3) is 0 Å². The molecule has 0 saturated carbocycles. The highest BCUT2D eigenvalue weighted by Gasteiger charge is 2.29. The minimum Gasteiger partial charge on any atom is -0.369 e. The molecule has 0 spiro atoms. The molecule has 1 aliphatic heterocycles. The lowest BCUT2D eigenvalue weighted by Crippen LogP contribution is -2.50. The molecule has 1 aromatic carbocycles. The molecule has 1 heterocycles. The first-order valence-corrected chi connectivity index (χ1v) is 7.82. The molecule has 9 heteroatoms. The lowest BCUT2D eigenvalue weighted by Gasteiger charge is -2.24. The molecule has 3 N–H and O–H groups in total. The van der Waals surface area contributed by atoms with Crippen LogP contribution < -0.4 is 16.0 Å². The molecule has 0 aromatic heterocycles. The molecule has 0 bridgehead atoms. The van der Waals surface area contributed by atoms with Crippen LogP contribution in [0.3, 0.4) is 0 Å². The Hall–Kier alpha value is -2.37. The van der Waals surface area contributed by atoms with Gasteiger partial charge in [0.2, 0.25) is 5.91 Å². The van der Waals surface area contributed by atoms with Gasteiger partial charge in [-0.25, -0.2) is 0 Å². The van der Waals surface area contributed by atoms with E-state index in [9.17, 15) is 20.2 Å². The van der Waals surface area contributed by atoms with Crippen LogP contribution in [0.4, 0.5) is 11.4 Å². The van der Waals surface area contributed by atoms with Crippen LogP contribution in [-0.4, -0.2) is 36.0 Å². The molecule has 1 aliphatic rings. The maximum absolute atomic E-state index is 11.5. The summed E-state index contributed by atoms with van der Waals surface area (Å²) in [6, 6.07) is 5.99. The fraction of sp³-hybridized carbons (Fsp3) is 0.500. The number of rotatable bonds is 6. The standard InChI is InChI=1S/C16H21N5O3.ClH/c1-10(2)15(16(18)22)19-12-5-6-20(9-12)14-4-3-13(21(23)24)7-11(14)8-17;/h3-4,7,10,12,15,19H,5-6,9H2,1-2H3,(H2,18,22);1H/t12-,15-;/m0./s1. The molecule has 25 heavy (non-hydrogen) atoms. The predicted octanol–water partition coefficient (Wildman–Crippen LogP) is 1.57. The maximum atomic E-state index is 11.5. The third-order valence-corrected chi connectivity index (χ3v) is 4.23. The Balaban J connectivity index is 0.00000312. The van der Waals surface area contributed by atoms with E-state index in [2.05, 4.69) is 5.32 Å². The van der Waals surface area contributed by atoms with Gasteiger partial charge < -0.3 is 16.0 Å². The molecular formula is C16H22ClN5O3. The number of hydrogen-bond acceptors (Lipinski definition) is 6. The number of primary amides is 1. The lowest BCUT2D eigenvalue weighted by molar-refractivity contribution is -0.384. The van der Waals surface area contributed by atoms with Crippen LogP contribution in [0.5, 0.6) is 0 Å². The number of nitriles is 1. The summed E-state index contributed by atoms with van der Waals surface area (Å²) in [6.07, 6.45) is 0.804. The van der Waals surface area contributed by atoms with E-state index in [0.717, 1.165) is 6.42 Å². The van der Waals surface area contributed by atoms with Gasteiger partial charge >= 0.3 is 0 Å². The molecule has 0 aliphatic carbocycles. The number of nitro benzene ring substituents is 1. The van der Waals surface area contributed by atoms with E-state index in [0.29, 0.717) is 18.8 Å². The Bertz CT molecular complexity index is 689. The quantitative estimate of drug-likeness (QED) is 0.580. The number of nitrogens with one attached hydrogen (secondary N) is 1. The third kappa shape index (κ3) is 4.81. The fourth-order valence-corrected chi connectivity index (χ4v) is 2.98. The second kappa shape index (κ2) is 8.65. The number of nitrogens with zero attached hydrogens (tertiary/aromatic N) is 3. The summed E-state index contributed by atoms with van der Waals surface area (Å²) in [6.45, 7) is 5.18. The normalized spacial score (nSPS) is 17.7. The minimum absolute atomic E-state index is 0. The van der Waals surface area contributed by atoms with Crippen molar-refractivity contribution in [1.82, 2.24) is 5.32 Å². The number of amides is 1. The van der Waals surface area contributed by atoms with Crippen molar-refractivity contribution in [3.63, 3.8) is 0 Å². The highest BCUT2D eigenvalue weighted by molar-refractivity contribution is 5.85. The van der Waals surface area contributed by atoms with E-state index in [-0.39, 0.29) is 41.5 Å². The van der Waals surface area contributed by atoms with Crippen molar-refractivity contribution >= 4 is 29.7 Å². The van der Waals surface area contributed by atoms with Gasteiger partial charge in [-0.3, -0.25) is 14.9 Å². The Morgan fingerprint density at radius 2 is 2.20 bits per heavy atom. The van der Waals surface area contributed by atoms with Crippen molar-refractivity contribution in [2.24, 2.45) is 11.7 Å². The number of anilines is 1.